The first-order valence-electron chi connectivity index (χ1n) is 5.84. The highest BCUT2D eigenvalue weighted by molar-refractivity contribution is 7.98. The molecule has 0 fully saturated rings. The van der Waals surface area contributed by atoms with Gasteiger partial charge in [0.25, 0.3) is 10.0 Å². The molecule has 8 heteroatoms. The topological polar surface area (TPSA) is 83.5 Å². The van der Waals surface area contributed by atoms with Crippen molar-refractivity contribution < 1.29 is 18.3 Å². The summed E-state index contributed by atoms with van der Waals surface area (Å²) < 4.78 is 27.1. The quantitative estimate of drug-likeness (QED) is 0.814. The lowest BCUT2D eigenvalue weighted by Crippen LogP contribution is -2.13. The number of aryl methyl sites for hydroxylation is 1. The third-order valence-corrected chi connectivity index (χ3v) is 6.13. The molecule has 0 aliphatic heterocycles. The fourth-order valence-corrected chi connectivity index (χ4v) is 4.60. The van der Waals surface area contributed by atoms with E-state index in [1.165, 1.54) is 6.07 Å². The number of thiophene rings is 1. The zero-order chi connectivity index (χ0) is 15.6. The van der Waals surface area contributed by atoms with Crippen LogP contribution in [0.2, 0.25) is 0 Å². The second kappa shape index (κ2) is 6.08. The van der Waals surface area contributed by atoms with E-state index in [9.17, 15) is 13.2 Å². The number of thioether (sulfide) groups is 1. The van der Waals surface area contributed by atoms with E-state index in [-0.39, 0.29) is 9.77 Å². The molecule has 1 heterocycles. The van der Waals surface area contributed by atoms with E-state index in [0.29, 0.717) is 10.6 Å². The fraction of sp³-hybridized carbons (Fsp3) is 0.154. The first-order chi connectivity index (χ1) is 9.83. The number of aromatic carboxylic acids is 1. The van der Waals surface area contributed by atoms with E-state index < -0.39 is 16.0 Å². The van der Waals surface area contributed by atoms with Crippen LogP contribution < -0.4 is 4.72 Å². The molecule has 0 aliphatic carbocycles. The molecule has 0 amide bonds. The summed E-state index contributed by atoms with van der Waals surface area (Å²) in [6.07, 6.45) is 1.93. The van der Waals surface area contributed by atoms with Gasteiger partial charge in [0.05, 0.1) is 0 Å². The van der Waals surface area contributed by atoms with Gasteiger partial charge in [-0.2, -0.15) is 0 Å². The molecule has 2 rings (SSSR count). The van der Waals surface area contributed by atoms with Crippen molar-refractivity contribution >= 4 is 44.8 Å². The Kier molecular flexibility index (Phi) is 4.60. The average Bonchev–Trinajstić information content (AvgIpc) is 2.82. The van der Waals surface area contributed by atoms with Crippen molar-refractivity contribution in [3.63, 3.8) is 0 Å². The Bertz CT molecular complexity index is 763. The van der Waals surface area contributed by atoms with Crippen molar-refractivity contribution in [3.05, 3.63) is 40.1 Å². The van der Waals surface area contributed by atoms with Crippen molar-refractivity contribution in [2.75, 3.05) is 11.0 Å². The van der Waals surface area contributed by atoms with Gasteiger partial charge in [0.1, 0.15) is 9.77 Å². The maximum Gasteiger partial charge on any atom is 0.345 e. The van der Waals surface area contributed by atoms with E-state index in [4.69, 9.17) is 5.11 Å². The van der Waals surface area contributed by atoms with Gasteiger partial charge >= 0.3 is 5.97 Å². The van der Waals surface area contributed by atoms with Crippen LogP contribution in [0, 0.1) is 6.92 Å². The van der Waals surface area contributed by atoms with Gasteiger partial charge in [-0.1, -0.05) is 0 Å². The number of rotatable bonds is 5. The molecular weight excluding hydrogens is 330 g/mol. The molecule has 0 saturated heterocycles. The Morgan fingerprint density at radius 3 is 2.38 bits per heavy atom. The van der Waals surface area contributed by atoms with Gasteiger partial charge in [-0.15, -0.1) is 23.1 Å². The smallest absolute Gasteiger partial charge is 0.345 e. The van der Waals surface area contributed by atoms with Crippen molar-refractivity contribution in [3.8, 4) is 0 Å². The highest BCUT2D eigenvalue weighted by Gasteiger charge is 2.22. The maximum atomic E-state index is 12.3. The summed E-state index contributed by atoms with van der Waals surface area (Å²) in [6, 6.07) is 8.14. The molecular formula is C13H13NO4S3. The van der Waals surface area contributed by atoms with E-state index in [2.05, 4.69) is 4.72 Å². The zero-order valence-corrected chi connectivity index (χ0v) is 13.7. The van der Waals surface area contributed by atoms with E-state index in [0.717, 1.165) is 16.2 Å². The van der Waals surface area contributed by atoms with Gasteiger partial charge in [-0.25, -0.2) is 13.2 Å². The molecule has 0 bridgehead atoms. The van der Waals surface area contributed by atoms with Crippen LogP contribution in [0.15, 0.2) is 40.1 Å². The lowest BCUT2D eigenvalue weighted by atomic mass is 10.3. The summed E-state index contributed by atoms with van der Waals surface area (Å²) >= 11 is 2.50. The van der Waals surface area contributed by atoms with Crippen LogP contribution in [0.5, 0.6) is 0 Å². The minimum absolute atomic E-state index is 0.00107. The van der Waals surface area contributed by atoms with Crippen LogP contribution in [0.1, 0.15) is 14.5 Å². The van der Waals surface area contributed by atoms with Crippen LogP contribution >= 0.6 is 23.1 Å². The van der Waals surface area contributed by atoms with Crippen LogP contribution in [0.3, 0.4) is 0 Å². The molecule has 1 aromatic heterocycles. The van der Waals surface area contributed by atoms with Crippen molar-refractivity contribution in [1.82, 2.24) is 0 Å². The highest BCUT2D eigenvalue weighted by Crippen LogP contribution is 2.28. The summed E-state index contributed by atoms with van der Waals surface area (Å²) in [4.78, 5) is 12.4. The van der Waals surface area contributed by atoms with Crippen LogP contribution in [-0.4, -0.2) is 25.7 Å². The monoisotopic (exact) mass is 343 g/mol. The molecule has 21 heavy (non-hydrogen) atoms. The summed E-state index contributed by atoms with van der Waals surface area (Å²) in [5, 5.41) is 8.93. The molecule has 0 spiro atoms. The number of carboxylic acids is 1. The third-order valence-electron chi connectivity index (χ3n) is 2.71. The van der Waals surface area contributed by atoms with Crippen LogP contribution in [0.25, 0.3) is 0 Å². The molecule has 0 radical (unpaired) electrons. The Morgan fingerprint density at radius 1 is 1.29 bits per heavy atom. The summed E-state index contributed by atoms with van der Waals surface area (Å²) in [6.45, 7) is 1.59. The summed E-state index contributed by atoms with van der Waals surface area (Å²) in [5.41, 5.74) is 0.440. The molecule has 5 nitrogen and oxygen atoms in total. The normalized spacial score (nSPS) is 11.3. The number of hydrogen-bond acceptors (Lipinski definition) is 5. The van der Waals surface area contributed by atoms with E-state index >= 15 is 0 Å². The molecule has 0 saturated carbocycles. The molecule has 112 valence electrons. The zero-order valence-electron chi connectivity index (χ0n) is 11.3. The second-order valence-electron chi connectivity index (χ2n) is 4.17. The number of anilines is 1. The average molecular weight is 343 g/mol. The molecule has 2 aromatic rings. The molecule has 0 aliphatic rings. The predicted octanol–water partition coefficient (Wildman–Crippen LogP) is 3.28. The first kappa shape index (κ1) is 15.9. The lowest BCUT2D eigenvalue weighted by Gasteiger charge is -2.08. The van der Waals surface area contributed by atoms with Crippen molar-refractivity contribution in [2.24, 2.45) is 0 Å². The number of carboxylic acid groups (broad SMARTS) is 1. The molecule has 2 N–H and O–H groups in total. The Morgan fingerprint density at radius 2 is 1.90 bits per heavy atom. The Labute approximate surface area is 131 Å². The minimum Gasteiger partial charge on any atom is -0.477 e. The summed E-state index contributed by atoms with van der Waals surface area (Å²) in [5.74, 6) is -1.13. The van der Waals surface area contributed by atoms with Crippen LogP contribution in [0.4, 0.5) is 5.69 Å². The van der Waals surface area contributed by atoms with Gasteiger partial charge < -0.3 is 5.11 Å². The molecule has 0 atom stereocenters. The van der Waals surface area contributed by atoms with Gasteiger partial charge in [-0.05, 0) is 43.5 Å². The maximum absolute atomic E-state index is 12.3. The Hall–Kier alpha value is -1.51. The Balaban J connectivity index is 2.31. The summed E-state index contributed by atoms with van der Waals surface area (Å²) in [7, 11) is -3.79. The number of benzene rings is 1. The van der Waals surface area contributed by atoms with Gasteiger partial charge in [-0.3, -0.25) is 4.72 Å². The van der Waals surface area contributed by atoms with Gasteiger partial charge in [0.2, 0.25) is 0 Å². The predicted molar refractivity (Wildman–Crippen MR) is 85.0 cm³/mol. The third kappa shape index (κ3) is 3.58. The first-order valence-corrected chi connectivity index (χ1v) is 9.36. The standard InChI is InChI=1S/C13H13NO4S3/c1-8-12(7-11(20-8)13(15)16)21(17,18)14-9-3-5-10(19-2)6-4-9/h3-7,14H,1-2H3,(H,15,16). The molecule has 1 aromatic carbocycles. The minimum atomic E-state index is -3.79. The highest BCUT2D eigenvalue weighted by atomic mass is 32.2. The number of nitrogens with one attached hydrogen (secondary N) is 1. The molecule has 0 unspecified atom stereocenters. The SMILES string of the molecule is CSc1ccc(NS(=O)(=O)c2cc(C(=O)O)sc2C)cc1. The van der Waals surface area contributed by atoms with Gasteiger partial charge in [0.15, 0.2) is 0 Å². The van der Waals surface area contributed by atoms with Crippen LogP contribution in [-0.2, 0) is 10.0 Å². The van der Waals surface area contributed by atoms with Gasteiger partial charge in [0, 0.05) is 15.5 Å². The van der Waals surface area contributed by atoms with Crippen molar-refractivity contribution in [1.29, 1.82) is 0 Å². The number of hydrogen-bond donors (Lipinski definition) is 2. The largest absolute Gasteiger partial charge is 0.477 e. The second-order valence-corrected chi connectivity index (χ2v) is 7.96. The number of carbonyl (C=O) groups is 1. The van der Waals surface area contributed by atoms with Crippen molar-refractivity contribution in [2.45, 2.75) is 16.7 Å². The fourth-order valence-electron chi connectivity index (χ4n) is 1.71. The van der Waals surface area contributed by atoms with E-state index in [1.54, 1.807) is 30.8 Å². The lowest BCUT2D eigenvalue weighted by molar-refractivity contribution is 0.0702. The number of sulfonamides is 1. The van der Waals surface area contributed by atoms with E-state index in [1.807, 2.05) is 18.4 Å².